The number of anilines is 2. The standard InChI is InChI=1S/C18H14BrN7/c1-21-18-22-7-11(8-23-18)14-6-13(10-3-2-4-12(19)5-10)15-16(20)24-9-25-17(15)26-14/h2-9H,1H3,(H,21,22,23)(H2,20,24,25,26). The van der Waals surface area contributed by atoms with Crippen LogP contribution in [0.2, 0.25) is 0 Å². The molecule has 26 heavy (non-hydrogen) atoms. The zero-order chi connectivity index (χ0) is 18.1. The minimum atomic E-state index is 0.394. The second kappa shape index (κ2) is 6.64. The van der Waals surface area contributed by atoms with E-state index < -0.39 is 0 Å². The van der Waals surface area contributed by atoms with Crippen LogP contribution in [0.25, 0.3) is 33.4 Å². The van der Waals surface area contributed by atoms with E-state index in [0.29, 0.717) is 23.1 Å². The number of aromatic nitrogens is 5. The molecule has 1 aromatic carbocycles. The van der Waals surface area contributed by atoms with Crippen molar-refractivity contribution in [3.8, 4) is 22.4 Å². The van der Waals surface area contributed by atoms with Gasteiger partial charge in [-0.2, -0.15) is 0 Å². The third-order valence-electron chi connectivity index (χ3n) is 3.94. The van der Waals surface area contributed by atoms with Gasteiger partial charge in [0, 0.05) is 29.5 Å². The Balaban J connectivity index is 1.98. The number of hydrogen-bond acceptors (Lipinski definition) is 7. The summed E-state index contributed by atoms with van der Waals surface area (Å²) in [6.45, 7) is 0. The predicted octanol–water partition coefficient (Wildman–Crippen LogP) is 3.54. The summed E-state index contributed by atoms with van der Waals surface area (Å²) in [5.41, 5.74) is 10.1. The normalized spacial score (nSPS) is 10.8. The summed E-state index contributed by atoms with van der Waals surface area (Å²) in [5.74, 6) is 0.944. The first-order valence-electron chi connectivity index (χ1n) is 7.83. The van der Waals surface area contributed by atoms with Crippen LogP contribution < -0.4 is 11.1 Å². The molecule has 0 atom stereocenters. The van der Waals surface area contributed by atoms with E-state index in [4.69, 9.17) is 5.73 Å². The number of benzene rings is 1. The van der Waals surface area contributed by atoms with Crippen LogP contribution in [0.4, 0.5) is 11.8 Å². The molecular weight excluding hydrogens is 394 g/mol. The second-order valence-corrected chi connectivity index (χ2v) is 6.48. The fraction of sp³-hybridized carbons (Fsp3) is 0.0556. The van der Waals surface area contributed by atoms with E-state index in [1.807, 2.05) is 30.3 Å². The van der Waals surface area contributed by atoms with Gasteiger partial charge in [-0.3, -0.25) is 0 Å². The lowest BCUT2D eigenvalue weighted by molar-refractivity contribution is 1.14. The van der Waals surface area contributed by atoms with Crippen molar-refractivity contribution in [3.63, 3.8) is 0 Å². The Morgan fingerprint density at radius 3 is 2.54 bits per heavy atom. The van der Waals surface area contributed by atoms with Gasteiger partial charge < -0.3 is 11.1 Å². The highest BCUT2D eigenvalue weighted by atomic mass is 79.9. The predicted molar refractivity (Wildman–Crippen MR) is 105 cm³/mol. The van der Waals surface area contributed by atoms with Gasteiger partial charge in [0.25, 0.3) is 0 Å². The van der Waals surface area contributed by atoms with Crippen LogP contribution in [0.3, 0.4) is 0 Å². The Labute approximate surface area is 157 Å². The SMILES string of the molecule is CNc1ncc(-c2cc(-c3cccc(Br)c3)c3c(N)ncnc3n2)cn1. The lowest BCUT2D eigenvalue weighted by Gasteiger charge is -2.11. The molecule has 128 valence electrons. The zero-order valence-electron chi connectivity index (χ0n) is 13.8. The maximum atomic E-state index is 6.12. The van der Waals surface area contributed by atoms with Gasteiger partial charge >= 0.3 is 0 Å². The van der Waals surface area contributed by atoms with Gasteiger partial charge in [0.15, 0.2) is 5.65 Å². The molecule has 4 rings (SSSR count). The number of nitrogen functional groups attached to an aromatic ring is 1. The van der Waals surface area contributed by atoms with E-state index in [-0.39, 0.29) is 0 Å². The summed E-state index contributed by atoms with van der Waals surface area (Å²) < 4.78 is 0.971. The van der Waals surface area contributed by atoms with Crippen molar-refractivity contribution in [2.45, 2.75) is 0 Å². The molecule has 0 fully saturated rings. The van der Waals surface area contributed by atoms with Gasteiger partial charge in [0.1, 0.15) is 12.1 Å². The highest BCUT2D eigenvalue weighted by molar-refractivity contribution is 9.10. The highest BCUT2D eigenvalue weighted by Crippen LogP contribution is 2.34. The smallest absolute Gasteiger partial charge is 0.222 e. The number of nitrogens with two attached hydrogens (primary N) is 1. The summed E-state index contributed by atoms with van der Waals surface area (Å²) in [6, 6.07) is 9.93. The van der Waals surface area contributed by atoms with Gasteiger partial charge in [-0.25, -0.2) is 24.9 Å². The number of fused-ring (bicyclic) bond motifs is 1. The first-order chi connectivity index (χ1) is 12.7. The summed E-state index contributed by atoms with van der Waals surface area (Å²) in [5, 5.41) is 3.63. The Bertz CT molecular complexity index is 1100. The highest BCUT2D eigenvalue weighted by Gasteiger charge is 2.14. The topological polar surface area (TPSA) is 102 Å². The Hall–Kier alpha value is -3.13. The lowest BCUT2D eigenvalue weighted by Crippen LogP contribution is -2.00. The van der Waals surface area contributed by atoms with Crippen LogP contribution in [0.5, 0.6) is 0 Å². The number of nitrogens with zero attached hydrogens (tertiary/aromatic N) is 5. The molecule has 0 saturated carbocycles. The summed E-state index contributed by atoms with van der Waals surface area (Å²) in [7, 11) is 1.77. The molecule has 3 N–H and O–H groups in total. The lowest BCUT2D eigenvalue weighted by atomic mass is 10.0. The van der Waals surface area contributed by atoms with E-state index >= 15 is 0 Å². The summed E-state index contributed by atoms with van der Waals surface area (Å²) >= 11 is 3.52. The molecule has 0 saturated heterocycles. The van der Waals surface area contributed by atoms with Crippen LogP contribution in [0.1, 0.15) is 0 Å². The van der Waals surface area contributed by atoms with Crippen molar-refractivity contribution in [1.82, 2.24) is 24.9 Å². The molecule has 3 aromatic heterocycles. The largest absolute Gasteiger partial charge is 0.383 e. The van der Waals surface area contributed by atoms with Crippen LogP contribution in [-0.4, -0.2) is 32.0 Å². The third-order valence-corrected chi connectivity index (χ3v) is 4.43. The third kappa shape index (κ3) is 2.95. The van der Waals surface area contributed by atoms with Gasteiger partial charge in [0.05, 0.1) is 11.1 Å². The fourth-order valence-corrected chi connectivity index (χ4v) is 3.11. The molecule has 0 bridgehead atoms. The molecule has 0 spiro atoms. The molecule has 4 aromatic rings. The number of pyridine rings is 1. The van der Waals surface area contributed by atoms with Crippen molar-refractivity contribution in [1.29, 1.82) is 0 Å². The maximum absolute atomic E-state index is 6.12. The van der Waals surface area contributed by atoms with Crippen molar-refractivity contribution in [3.05, 3.63) is 53.5 Å². The van der Waals surface area contributed by atoms with Crippen LogP contribution >= 0.6 is 15.9 Å². The Kier molecular flexibility index (Phi) is 4.18. The molecule has 0 aliphatic carbocycles. The van der Waals surface area contributed by atoms with E-state index in [0.717, 1.165) is 26.5 Å². The number of hydrogen-bond donors (Lipinski definition) is 2. The van der Waals surface area contributed by atoms with Gasteiger partial charge in [0.2, 0.25) is 5.95 Å². The van der Waals surface area contributed by atoms with Crippen LogP contribution in [0, 0.1) is 0 Å². The molecule has 0 unspecified atom stereocenters. The van der Waals surface area contributed by atoms with Gasteiger partial charge in [-0.15, -0.1) is 0 Å². The van der Waals surface area contributed by atoms with Crippen molar-refractivity contribution in [2.75, 3.05) is 18.1 Å². The summed E-state index contributed by atoms with van der Waals surface area (Å²) in [4.78, 5) is 21.6. The van der Waals surface area contributed by atoms with Gasteiger partial charge in [-0.05, 0) is 29.3 Å². The quantitative estimate of drug-likeness (QED) is 0.535. The van der Waals surface area contributed by atoms with E-state index in [2.05, 4.69) is 46.2 Å². The first-order valence-corrected chi connectivity index (χ1v) is 8.62. The van der Waals surface area contributed by atoms with Gasteiger partial charge in [-0.1, -0.05) is 28.1 Å². The molecule has 7 nitrogen and oxygen atoms in total. The monoisotopic (exact) mass is 407 g/mol. The molecule has 3 heterocycles. The number of rotatable bonds is 3. The van der Waals surface area contributed by atoms with Crippen LogP contribution in [0.15, 0.2) is 53.5 Å². The van der Waals surface area contributed by atoms with Crippen molar-refractivity contribution >= 4 is 38.7 Å². The van der Waals surface area contributed by atoms with E-state index in [9.17, 15) is 0 Å². The molecule has 0 radical (unpaired) electrons. The van der Waals surface area contributed by atoms with E-state index in [1.165, 1.54) is 6.33 Å². The van der Waals surface area contributed by atoms with Crippen molar-refractivity contribution < 1.29 is 0 Å². The number of nitrogens with one attached hydrogen (secondary N) is 1. The number of halogens is 1. The average molecular weight is 408 g/mol. The maximum Gasteiger partial charge on any atom is 0.222 e. The Morgan fingerprint density at radius 1 is 1.00 bits per heavy atom. The fourth-order valence-electron chi connectivity index (χ4n) is 2.71. The first kappa shape index (κ1) is 16.3. The minimum Gasteiger partial charge on any atom is -0.383 e. The second-order valence-electron chi connectivity index (χ2n) is 5.57. The molecule has 0 aliphatic heterocycles. The van der Waals surface area contributed by atoms with Crippen molar-refractivity contribution in [2.24, 2.45) is 0 Å². The molecular formula is C18H14BrN7. The minimum absolute atomic E-state index is 0.394. The summed E-state index contributed by atoms with van der Waals surface area (Å²) in [6.07, 6.45) is 4.87. The van der Waals surface area contributed by atoms with Crippen LogP contribution in [-0.2, 0) is 0 Å². The molecule has 0 aliphatic rings. The zero-order valence-corrected chi connectivity index (χ0v) is 15.4. The average Bonchev–Trinajstić information content (AvgIpc) is 2.67. The molecule has 8 heteroatoms. The Morgan fingerprint density at radius 2 is 1.81 bits per heavy atom. The van der Waals surface area contributed by atoms with E-state index in [1.54, 1.807) is 19.4 Å². The molecule has 0 amide bonds.